The molecule has 1 atom stereocenters. The first kappa shape index (κ1) is 23.5. The van der Waals surface area contributed by atoms with Gasteiger partial charge in [-0.25, -0.2) is 18.8 Å². The summed E-state index contributed by atoms with van der Waals surface area (Å²) >= 11 is 0. The molecular weight excluding hydrogens is 452 g/mol. The zero-order valence-electron chi connectivity index (χ0n) is 18.6. The quantitative estimate of drug-likeness (QED) is 0.443. The Morgan fingerprint density at radius 3 is 2.60 bits per heavy atom. The first-order valence-electron chi connectivity index (χ1n) is 10.6. The van der Waals surface area contributed by atoms with Crippen LogP contribution in [0.4, 0.5) is 14.5 Å². The molecule has 0 saturated heterocycles. The Kier molecular flexibility index (Phi) is 6.77. The Labute approximate surface area is 200 Å². The Morgan fingerprint density at radius 1 is 1.11 bits per heavy atom. The predicted octanol–water partition coefficient (Wildman–Crippen LogP) is 4.88. The summed E-state index contributed by atoms with van der Waals surface area (Å²) in [6, 6.07) is 14.7. The number of halogens is 2. The second kappa shape index (κ2) is 10.1. The highest BCUT2D eigenvalue weighted by molar-refractivity contribution is 6.21. The van der Waals surface area contributed by atoms with E-state index >= 15 is 0 Å². The number of benzene rings is 2. The second-order valence-electron chi connectivity index (χ2n) is 7.66. The monoisotopic (exact) mass is 473 g/mol. The molecule has 0 radical (unpaired) electrons. The summed E-state index contributed by atoms with van der Waals surface area (Å²) in [6.45, 7) is 1.57. The number of pyridine rings is 1. The van der Waals surface area contributed by atoms with Crippen molar-refractivity contribution in [1.29, 1.82) is 5.41 Å². The van der Waals surface area contributed by atoms with Crippen LogP contribution in [0, 0.1) is 17.0 Å². The number of carbonyl (C=O) groups is 1. The van der Waals surface area contributed by atoms with Crippen molar-refractivity contribution in [1.82, 2.24) is 4.98 Å². The lowest BCUT2D eigenvalue weighted by molar-refractivity contribution is 0.102. The van der Waals surface area contributed by atoms with E-state index in [1.165, 1.54) is 36.5 Å². The third-order valence-electron chi connectivity index (χ3n) is 5.07. The summed E-state index contributed by atoms with van der Waals surface area (Å²) in [4.78, 5) is 21.0. The molecule has 1 aliphatic rings. The standard InChI is InChI=1S/C26H21F2N5O2/c1-15(29)20-14-19(11-12-31-25(20)30)35-24-10-9-18(13-21(24)28)32-26(34)23-4-2-3-22(33-23)16-5-7-17(27)8-6-16/h2-14,19,29H,1H3,(H2,30,31)(H,32,34). The van der Waals surface area contributed by atoms with E-state index in [1.54, 1.807) is 43.3 Å². The number of aromatic nitrogens is 1. The van der Waals surface area contributed by atoms with Crippen LogP contribution in [0.25, 0.3) is 11.3 Å². The van der Waals surface area contributed by atoms with Crippen LogP contribution < -0.4 is 15.8 Å². The van der Waals surface area contributed by atoms with Gasteiger partial charge in [0, 0.05) is 34.8 Å². The minimum Gasteiger partial charge on any atom is -0.479 e. The van der Waals surface area contributed by atoms with Gasteiger partial charge in [0.15, 0.2) is 11.6 Å². The Hall–Kier alpha value is -4.66. The zero-order chi connectivity index (χ0) is 24.9. The molecule has 9 heteroatoms. The van der Waals surface area contributed by atoms with E-state index in [2.05, 4.69) is 15.3 Å². The molecule has 4 N–H and O–H groups in total. The highest BCUT2D eigenvalue weighted by Crippen LogP contribution is 2.24. The van der Waals surface area contributed by atoms with Crippen LogP contribution >= 0.6 is 0 Å². The van der Waals surface area contributed by atoms with Crippen LogP contribution in [0.15, 0.2) is 89.6 Å². The van der Waals surface area contributed by atoms with Crippen molar-refractivity contribution in [2.45, 2.75) is 13.0 Å². The number of nitrogens with one attached hydrogen (secondary N) is 2. The van der Waals surface area contributed by atoms with Crippen molar-refractivity contribution in [2.75, 3.05) is 5.32 Å². The Morgan fingerprint density at radius 2 is 1.89 bits per heavy atom. The zero-order valence-corrected chi connectivity index (χ0v) is 18.6. The molecular formula is C26H21F2N5O2. The van der Waals surface area contributed by atoms with Crippen molar-refractivity contribution in [3.63, 3.8) is 0 Å². The largest absolute Gasteiger partial charge is 0.479 e. The van der Waals surface area contributed by atoms with Gasteiger partial charge in [0.05, 0.1) is 5.69 Å². The highest BCUT2D eigenvalue weighted by atomic mass is 19.1. The topological polar surface area (TPSA) is 113 Å². The summed E-state index contributed by atoms with van der Waals surface area (Å²) in [5.41, 5.74) is 7.93. The normalized spacial score (nSPS) is 15.0. The maximum atomic E-state index is 14.7. The van der Waals surface area contributed by atoms with Gasteiger partial charge in [0.2, 0.25) is 0 Å². The van der Waals surface area contributed by atoms with E-state index < -0.39 is 17.8 Å². The van der Waals surface area contributed by atoms with Crippen LogP contribution in [0.1, 0.15) is 17.4 Å². The smallest absolute Gasteiger partial charge is 0.274 e. The SMILES string of the molecule is CC(=N)C1=CC(Oc2ccc(NC(=O)c3cccc(-c4ccc(F)cc4)n3)cc2F)C=CN=C1N. The van der Waals surface area contributed by atoms with Gasteiger partial charge in [-0.15, -0.1) is 0 Å². The molecule has 7 nitrogen and oxygen atoms in total. The molecule has 1 unspecified atom stereocenters. The minimum atomic E-state index is -0.691. The van der Waals surface area contributed by atoms with E-state index in [4.69, 9.17) is 15.9 Å². The van der Waals surface area contributed by atoms with Crippen molar-refractivity contribution in [3.8, 4) is 17.0 Å². The van der Waals surface area contributed by atoms with Crippen LogP contribution in [-0.4, -0.2) is 28.5 Å². The maximum Gasteiger partial charge on any atom is 0.274 e. The van der Waals surface area contributed by atoms with E-state index in [-0.39, 0.29) is 34.5 Å². The number of hydrogen-bond donors (Lipinski definition) is 3. The molecule has 1 amide bonds. The molecule has 1 aromatic heterocycles. The fraction of sp³-hybridized carbons (Fsp3) is 0.0769. The number of amidine groups is 1. The predicted molar refractivity (Wildman–Crippen MR) is 131 cm³/mol. The minimum absolute atomic E-state index is 0.0483. The second-order valence-corrected chi connectivity index (χ2v) is 7.66. The molecule has 3 aromatic rings. The molecule has 0 saturated carbocycles. The van der Waals surface area contributed by atoms with Crippen molar-refractivity contribution in [3.05, 3.63) is 102 Å². The van der Waals surface area contributed by atoms with E-state index in [0.29, 0.717) is 16.8 Å². The number of aliphatic imine (C=N–C) groups is 1. The van der Waals surface area contributed by atoms with Crippen molar-refractivity contribution >= 4 is 23.1 Å². The lowest BCUT2D eigenvalue weighted by Crippen LogP contribution is -2.21. The number of ether oxygens (including phenoxy) is 1. The fourth-order valence-electron chi connectivity index (χ4n) is 3.33. The summed E-state index contributed by atoms with van der Waals surface area (Å²) < 4.78 is 33.6. The van der Waals surface area contributed by atoms with Crippen molar-refractivity contribution in [2.24, 2.45) is 10.7 Å². The van der Waals surface area contributed by atoms with Gasteiger partial charge in [-0.1, -0.05) is 6.07 Å². The first-order chi connectivity index (χ1) is 16.8. The molecule has 0 spiro atoms. The van der Waals surface area contributed by atoms with Crippen LogP contribution in [0.3, 0.4) is 0 Å². The van der Waals surface area contributed by atoms with Crippen LogP contribution in [-0.2, 0) is 0 Å². The number of nitrogens with two attached hydrogens (primary N) is 1. The molecule has 0 aliphatic carbocycles. The first-order valence-corrected chi connectivity index (χ1v) is 10.6. The number of anilines is 1. The molecule has 0 bridgehead atoms. The van der Waals surface area contributed by atoms with Crippen molar-refractivity contribution < 1.29 is 18.3 Å². The third kappa shape index (κ3) is 5.64. The van der Waals surface area contributed by atoms with Gasteiger partial charge < -0.3 is 21.2 Å². The number of carbonyl (C=O) groups excluding carboxylic acids is 1. The lowest BCUT2D eigenvalue weighted by Gasteiger charge is -2.14. The number of amides is 1. The van der Waals surface area contributed by atoms with Crippen LogP contribution in [0.2, 0.25) is 0 Å². The third-order valence-corrected chi connectivity index (χ3v) is 5.07. The number of hydrogen-bond acceptors (Lipinski definition) is 6. The molecule has 4 rings (SSSR count). The Bertz CT molecular complexity index is 1380. The summed E-state index contributed by atoms with van der Waals surface area (Å²) in [7, 11) is 0. The van der Waals surface area contributed by atoms with Gasteiger partial charge in [0.25, 0.3) is 5.91 Å². The lowest BCUT2D eigenvalue weighted by atomic mass is 10.1. The van der Waals surface area contributed by atoms with E-state index in [0.717, 1.165) is 6.07 Å². The molecule has 0 fully saturated rings. The molecule has 176 valence electrons. The summed E-state index contributed by atoms with van der Waals surface area (Å²) in [5, 5.41) is 10.4. The summed E-state index contributed by atoms with van der Waals surface area (Å²) in [5.74, 6) is -1.46. The number of nitrogens with zero attached hydrogens (tertiary/aromatic N) is 2. The van der Waals surface area contributed by atoms with E-state index in [1.807, 2.05) is 0 Å². The molecule has 1 aliphatic heterocycles. The highest BCUT2D eigenvalue weighted by Gasteiger charge is 2.16. The average molecular weight is 473 g/mol. The fourth-order valence-corrected chi connectivity index (χ4v) is 3.33. The van der Waals surface area contributed by atoms with E-state index in [9.17, 15) is 13.6 Å². The molecule has 2 aromatic carbocycles. The van der Waals surface area contributed by atoms with Gasteiger partial charge in [-0.2, -0.15) is 0 Å². The van der Waals surface area contributed by atoms with Gasteiger partial charge in [-0.3, -0.25) is 4.79 Å². The number of rotatable bonds is 6. The van der Waals surface area contributed by atoms with Crippen LogP contribution in [0.5, 0.6) is 5.75 Å². The average Bonchev–Trinajstić information content (AvgIpc) is 3.02. The Balaban J connectivity index is 1.48. The molecule has 2 heterocycles. The van der Waals surface area contributed by atoms with Gasteiger partial charge in [-0.05, 0) is 67.6 Å². The van der Waals surface area contributed by atoms with Gasteiger partial charge in [0.1, 0.15) is 23.5 Å². The van der Waals surface area contributed by atoms with Gasteiger partial charge >= 0.3 is 0 Å². The molecule has 35 heavy (non-hydrogen) atoms. The maximum absolute atomic E-state index is 14.7. The summed E-state index contributed by atoms with van der Waals surface area (Å²) in [6.07, 6.45) is 3.91.